The lowest BCUT2D eigenvalue weighted by molar-refractivity contribution is -0.108. The van der Waals surface area contributed by atoms with E-state index < -0.39 is 0 Å². The summed E-state index contributed by atoms with van der Waals surface area (Å²) in [5.74, 6) is 0.319. The van der Waals surface area contributed by atoms with Crippen molar-refractivity contribution in [2.75, 3.05) is 0 Å². The van der Waals surface area contributed by atoms with Crippen molar-refractivity contribution in [1.82, 2.24) is 0 Å². The van der Waals surface area contributed by atoms with Gasteiger partial charge in [0, 0.05) is 11.4 Å². The van der Waals surface area contributed by atoms with Gasteiger partial charge in [-0.05, 0) is 53.1 Å². The highest BCUT2D eigenvalue weighted by atomic mass is 35.5. The summed E-state index contributed by atoms with van der Waals surface area (Å²) < 4.78 is 0. The van der Waals surface area contributed by atoms with Crippen LogP contribution in [-0.2, 0) is 11.2 Å². The highest BCUT2D eigenvalue weighted by Crippen LogP contribution is 2.39. The molecule has 1 aliphatic carbocycles. The molecule has 2 aromatic rings. The molecule has 0 saturated carbocycles. The molecule has 0 fully saturated rings. The molecule has 1 unspecified atom stereocenters. The van der Waals surface area contributed by atoms with Crippen LogP contribution in [0.3, 0.4) is 0 Å². The summed E-state index contributed by atoms with van der Waals surface area (Å²) in [6.07, 6.45) is 3.61. The Morgan fingerprint density at radius 3 is 2.84 bits per heavy atom. The lowest BCUT2D eigenvalue weighted by atomic mass is 9.89. The van der Waals surface area contributed by atoms with Gasteiger partial charge in [-0.2, -0.15) is 0 Å². The molecule has 1 nitrogen and oxygen atoms in total. The van der Waals surface area contributed by atoms with Crippen LogP contribution in [0.4, 0.5) is 0 Å². The van der Waals surface area contributed by atoms with Gasteiger partial charge in [0.05, 0.1) is 0 Å². The van der Waals surface area contributed by atoms with Crippen LogP contribution < -0.4 is 0 Å². The van der Waals surface area contributed by atoms with E-state index in [4.69, 9.17) is 11.6 Å². The van der Waals surface area contributed by atoms with Crippen molar-refractivity contribution in [2.24, 2.45) is 0 Å². The van der Waals surface area contributed by atoms with E-state index >= 15 is 0 Å². The molecule has 96 valence electrons. The Hall–Kier alpha value is -1.60. The number of aldehydes is 1. The fraction of sp³-hybridized carbons (Fsp3) is 0.235. The number of carbonyl (C=O) groups is 1. The third-order valence-corrected chi connectivity index (χ3v) is 4.14. The molecule has 2 aromatic carbocycles. The lowest BCUT2D eigenvalue weighted by Crippen LogP contribution is -2.00. The van der Waals surface area contributed by atoms with Crippen LogP contribution in [0.1, 0.15) is 29.9 Å². The van der Waals surface area contributed by atoms with Gasteiger partial charge in [-0.15, -0.1) is 0 Å². The van der Waals surface area contributed by atoms with E-state index in [1.807, 2.05) is 6.07 Å². The zero-order valence-corrected chi connectivity index (χ0v) is 11.4. The second kappa shape index (κ2) is 5.18. The van der Waals surface area contributed by atoms with Crippen molar-refractivity contribution in [3.8, 4) is 11.1 Å². The minimum Gasteiger partial charge on any atom is -0.303 e. The number of hydrogen-bond donors (Lipinski definition) is 0. The third-order valence-electron chi connectivity index (χ3n) is 3.90. The highest BCUT2D eigenvalue weighted by molar-refractivity contribution is 6.30. The number of benzene rings is 2. The van der Waals surface area contributed by atoms with Gasteiger partial charge < -0.3 is 4.79 Å². The highest BCUT2D eigenvalue weighted by Gasteiger charge is 2.21. The Morgan fingerprint density at radius 1 is 1.16 bits per heavy atom. The molecular formula is C17H15ClO. The van der Waals surface area contributed by atoms with E-state index in [1.165, 1.54) is 22.3 Å². The number of fused-ring (bicyclic) bond motifs is 3. The second-order valence-corrected chi connectivity index (χ2v) is 5.46. The molecule has 1 atom stereocenters. The van der Waals surface area contributed by atoms with Crippen LogP contribution in [0.5, 0.6) is 0 Å². The molecule has 0 aromatic heterocycles. The van der Waals surface area contributed by atoms with Gasteiger partial charge in [0.2, 0.25) is 0 Å². The Labute approximate surface area is 118 Å². The molecule has 0 heterocycles. The average molecular weight is 271 g/mol. The van der Waals surface area contributed by atoms with E-state index in [0.717, 1.165) is 24.2 Å². The van der Waals surface area contributed by atoms with Crippen LogP contribution >= 0.6 is 11.6 Å². The number of hydrogen-bond acceptors (Lipinski definition) is 1. The van der Waals surface area contributed by atoms with Gasteiger partial charge in [0.25, 0.3) is 0 Å². The summed E-state index contributed by atoms with van der Waals surface area (Å²) in [4.78, 5) is 10.9. The molecule has 0 N–H and O–H groups in total. The monoisotopic (exact) mass is 270 g/mol. The summed E-state index contributed by atoms with van der Waals surface area (Å²) in [7, 11) is 0. The van der Waals surface area contributed by atoms with E-state index in [0.29, 0.717) is 12.3 Å². The number of carbonyl (C=O) groups excluding carboxylic acids is 1. The van der Waals surface area contributed by atoms with Crippen molar-refractivity contribution < 1.29 is 4.79 Å². The summed E-state index contributed by atoms with van der Waals surface area (Å²) in [5, 5.41) is 0.782. The Bertz CT molecular complexity index is 618. The van der Waals surface area contributed by atoms with Crippen molar-refractivity contribution in [2.45, 2.75) is 25.2 Å². The maximum Gasteiger partial charge on any atom is 0.120 e. The molecule has 0 saturated heterocycles. The predicted molar refractivity (Wildman–Crippen MR) is 78.6 cm³/mol. The van der Waals surface area contributed by atoms with E-state index in [9.17, 15) is 4.79 Å². The molecule has 19 heavy (non-hydrogen) atoms. The summed E-state index contributed by atoms with van der Waals surface area (Å²) >= 11 is 6.10. The smallest absolute Gasteiger partial charge is 0.120 e. The van der Waals surface area contributed by atoms with Crippen LogP contribution in [0.15, 0.2) is 42.5 Å². The number of halogens is 1. The van der Waals surface area contributed by atoms with Crippen molar-refractivity contribution in [3.05, 3.63) is 58.6 Å². The van der Waals surface area contributed by atoms with E-state index in [-0.39, 0.29) is 0 Å². The maximum absolute atomic E-state index is 10.9. The van der Waals surface area contributed by atoms with Gasteiger partial charge in [-0.25, -0.2) is 0 Å². The fourth-order valence-corrected chi connectivity index (χ4v) is 3.17. The van der Waals surface area contributed by atoms with Crippen molar-refractivity contribution in [1.29, 1.82) is 0 Å². The largest absolute Gasteiger partial charge is 0.303 e. The first kappa shape index (κ1) is 12.4. The lowest BCUT2D eigenvalue weighted by Gasteiger charge is -2.14. The van der Waals surface area contributed by atoms with Crippen LogP contribution in [0.2, 0.25) is 5.02 Å². The Balaban J connectivity index is 2.18. The van der Waals surface area contributed by atoms with Crippen LogP contribution in [0.25, 0.3) is 11.1 Å². The first-order valence-electron chi connectivity index (χ1n) is 6.61. The van der Waals surface area contributed by atoms with E-state index in [1.54, 1.807) is 0 Å². The summed E-state index contributed by atoms with van der Waals surface area (Å²) in [6, 6.07) is 14.5. The second-order valence-electron chi connectivity index (χ2n) is 5.03. The molecule has 0 spiro atoms. The fourth-order valence-electron chi connectivity index (χ4n) is 2.98. The molecule has 0 radical (unpaired) electrons. The molecule has 2 heteroatoms. The number of rotatable bonds is 2. The molecule has 0 bridgehead atoms. The molecule has 0 amide bonds. The van der Waals surface area contributed by atoms with Crippen molar-refractivity contribution >= 4 is 17.9 Å². The van der Waals surface area contributed by atoms with Crippen LogP contribution in [-0.4, -0.2) is 6.29 Å². The van der Waals surface area contributed by atoms with E-state index in [2.05, 4.69) is 36.4 Å². The Kier molecular flexibility index (Phi) is 3.39. The predicted octanol–water partition coefficient (Wildman–Crippen LogP) is 4.63. The van der Waals surface area contributed by atoms with Gasteiger partial charge in [0.15, 0.2) is 0 Å². The van der Waals surface area contributed by atoms with Crippen molar-refractivity contribution in [3.63, 3.8) is 0 Å². The molecular weight excluding hydrogens is 256 g/mol. The van der Waals surface area contributed by atoms with Gasteiger partial charge in [-0.3, -0.25) is 0 Å². The number of aryl methyl sites for hydroxylation is 1. The summed E-state index contributed by atoms with van der Waals surface area (Å²) in [5.41, 5.74) is 5.08. The Morgan fingerprint density at radius 2 is 2.00 bits per heavy atom. The normalized spacial score (nSPS) is 17.2. The quantitative estimate of drug-likeness (QED) is 0.728. The standard InChI is InChI=1S/C17H15ClO/c18-14-7-8-16-13(11-14)6-5-12(9-10-19)15-3-1-2-4-17(15)16/h1-4,7-8,10-12H,5-6,9H2. The van der Waals surface area contributed by atoms with Gasteiger partial charge >= 0.3 is 0 Å². The first-order valence-corrected chi connectivity index (χ1v) is 6.99. The first-order chi connectivity index (χ1) is 9.29. The van der Waals surface area contributed by atoms with Gasteiger partial charge in [-0.1, -0.05) is 41.9 Å². The third kappa shape index (κ3) is 2.31. The SMILES string of the molecule is O=CCC1CCc2cc(Cl)ccc2-c2ccccc21. The molecule has 0 aliphatic heterocycles. The minimum absolute atomic E-state index is 0.319. The molecule has 1 aliphatic rings. The average Bonchev–Trinajstić information content (AvgIpc) is 2.57. The summed E-state index contributed by atoms with van der Waals surface area (Å²) in [6.45, 7) is 0. The van der Waals surface area contributed by atoms with Gasteiger partial charge in [0.1, 0.15) is 6.29 Å². The minimum atomic E-state index is 0.319. The zero-order valence-electron chi connectivity index (χ0n) is 10.6. The topological polar surface area (TPSA) is 17.1 Å². The molecule has 3 rings (SSSR count). The van der Waals surface area contributed by atoms with Crippen LogP contribution in [0, 0.1) is 0 Å². The maximum atomic E-state index is 10.9. The zero-order chi connectivity index (χ0) is 13.2.